The number of ether oxygens (including phenoxy) is 9. The Bertz CT molecular complexity index is 3120. The molecule has 0 fully saturated rings. The number of halogens is 2. The van der Waals surface area contributed by atoms with Gasteiger partial charge in [0.05, 0.1) is 103 Å². The molecule has 0 unspecified atom stereocenters. The lowest BCUT2D eigenvalue weighted by atomic mass is 10.0. The zero-order chi connectivity index (χ0) is 47.8. The first-order chi connectivity index (χ1) is 33.1. The number of H-pyrrole nitrogens is 2. The van der Waals surface area contributed by atoms with E-state index in [2.05, 4.69) is 41.8 Å². The zero-order valence-corrected chi connectivity index (χ0v) is 41.8. The Morgan fingerprint density at radius 3 is 0.897 bits per heavy atom. The summed E-state index contributed by atoms with van der Waals surface area (Å²) in [6, 6.07) is 25.0. The zero-order valence-electron chi connectivity index (χ0n) is 38.6. The number of nitrogens with zero attached hydrogens (tertiary/aromatic N) is 2. The Labute approximate surface area is 409 Å². The average molecular weight is 1040 g/mol. The van der Waals surface area contributed by atoms with Crippen molar-refractivity contribution < 1.29 is 42.6 Å². The van der Waals surface area contributed by atoms with Crippen LogP contribution >= 0.6 is 31.9 Å². The Morgan fingerprint density at radius 1 is 0.324 bits per heavy atom. The lowest BCUT2D eigenvalue weighted by molar-refractivity contribution is 0.377. The van der Waals surface area contributed by atoms with E-state index in [1.165, 1.54) is 0 Å². The largest absolute Gasteiger partial charge is 0.496 e. The van der Waals surface area contributed by atoms with Gasteiger partial charge >= 0.3 is 0 Å². The molecular weight excluding hydrogens is 996 g/mol. The normalized spacial score (nSPS) is 11.6. The molecule has 346 valence electrons. The second-order valence-corrected chi connectivity index (χ2v) is 17.0. The van der Waals surface area contributed by atoms with Gasteiger partial charge in [0.15, 0.2) is 0 Å². The van der Waals surface area contributed by atoms with E-state index in [0.717, 1.165) is 20.1 Å². The molecule has 68 heavy (non-hydrogen) atoms. The van der Waals surface area contributed by atoms with Crippen LogP contribution in [0.4, 0.5) is 0 Å². The highest BCUT2D eigenvalue weighted by Gasteiger charge is 2.27. The minimum Gasteiger partial charge on any atom is -0.496 e. The monoisotopic (exact) mass is 1040 g/mol. The van der Waals surface area contributed by atoms with Gasteiger partial charge in [0.1, 0.15) is 51.7 Å². The first kappa shape index (κ1) is 45.8. The molecular formula is C53H46Br2N4O9. The molecule has 4 aromatic carbocycles. The SMILES string of the molecule is COc1cc(OC)c(-c2c3nc(c(-c4c(Br)cccc4Br)c4nc(c(-c5c(OC)cc(OC)cc5OC)c5ccc([nH]5)c(-c5c(OC)cc(OC)cc5OC)c5ccc2[nH]5)C=C4)C=C3)c(OC)c1. The van der Waals surface area contributed by atoms with Gasteiger partial charge in [-0.2, -0.15) is 0 Å². The fourth-order valence-electron chi connectivity index (χ4n) is 8.75. The number of nitrogens with one attached hydrogen (secondary N) is 2. The van der Waals surface area contributed by atoms with E-state index in [9.17, 15) is 0 Å². The maximum absolute atomic E-state index is 6.13. The third-order valence-electron chi connectivity index (χ3n) is 11.9. The lowest BCUT2D eigenvalue weighted by Crippen LogP contribution is -1.98. The van der Waals surface area contributed by atoms with E-state index in [1.54, 1.807) is 64.0 Å². The summed E-state index contributed by atoms with van der Waals surface area (Å²) in [6.45, 7) is 0. The van der Waals surface area contributed by atoms with Crippen LogP contribution in [0.25, 0.3) is 90.9 Å². The number of aromatic nitrogens is 4. The van der Waals surface area contributed by atoms with Crippen LogP contribution in [0.5, 0.6) is 51.7 Å². The molecule has 9 rings (SSSR count). The summed E-state index contributed by atoms with van der Waals surface area (Å²) in [5.41, 5.74) is 11.1. The number of hydrogen-bond donors (Lipinski definition) is 2. The van der Waals surface area contributed by atoms with Crippen molar-refractivity contribution in [2.75, 3.05) is 64.0 Å². The third-order valence-corrected chi connectivity index (χ3v) is 13.2. The molecule has 0 aliphatic carbocycles. The van der Waals surface area contributed by atoms with Gasteiger partial charge in [-0.25, -0.2) is 9.97 Å². The highest BCUT2D eigenvalue weighted by Crippen LogP contribution is 2.50. The molecule has 7 aromatic rings. The van der Waals surface area contributed by atoms with Crippen molar-refractivity contribution >= 4 is 78.2 Å². The van der Waals surface area contributed by atoms with Crippen molar-refractivity contribution in [3.8, 4) is 96.3 Å². The Hall–Kier alpha value is -7.36. The van der Waals surface area contributed by atoms with Gasteiger partial charge in [-0.1, -0.05) is 37.9 Å². The van der Waals surface area contributed by atoms with Gasteiger partial charge in [0.2, 0.25) is 0 Å². The molecule has 2 aliphatic heterocycles. The smallest absolute Gasteiger partial charge is 0.134 e. The molecule has 0 amide bonds. The van der Waals surface area contributed by atoms with Crippen molar-refractivity contribution in [1.82, 2.24) is 19.9 Å². The van der Waals surface area contributed by atoms with E-state index < -0.39 is 0 Å². The van der Waals surface area contributed by atoms with Gasteiger partial charge in [-0.05, 0) is 60.7 Å². The predicted octanol–water partition coefficient (Wildman–Crippen LogP) is 12.9. The second kappa shape index (κ2) is 19.1. The fourth-order valence-corrected chi connectivity index (χ4v) is 10.1. The molecule has 0 radical (unpaired) electrons. The Kier molecular flexibility index (Phi) is 12.9. The standard InChI is InChI=1S/C53H46Br2N4O9/c1-60-27-21-40(63-4)51(41(22-27)64-5)48-34-15-13-32(56-34)47(46-30(54)11-10-12-31(46)55)33-14-16-35(57-33)49(52-42(65-6)23-28(61-2)24-43(52)66-7)37-18-20-39(59-37)50(38-19-17-36(48)58-38)53-44(67-8)25-29(62-3)26-45(53)68-9/h10-26,58-59H,1-9H3. The van der Waals surface area contributed by atoms with Crippen LogP contribution in [0.2, 0.25) is 0 Å². The highest BCUT2D eigenvalue weighted by atomic mass is 79.9. The summed E-state index contributed by atoms with van der Waals surface area (Å²) in [6.07, 6.45) is 7.97. The fraction of sp³-hybridized carbons (Fsp3) is 0.170. The van der Waals surface area contributed by atoms with Crippen LogP contribution in [-0.4, -0.2) is 83.9 Å². The van der Waals surface area contributed by atoms with Crippen molar-refractivity contribution in [2.24, 2.45) is 0 Å². The molecule has 0 saturated heterocycles. The summed E-state index contributed by atoms with van der Waals surface area (Å²) >= 11 is 7.75. The predicted molar refractivity (Wildman–Crippen MR) is 275 cm³/mol. The van der Waals surface area contributed by atoms with Crippen molar-refractivity contribution in [3.63, 3.8) is 0 Å². The quantitative estimate of drug-likeness (QED) is 0.114. The Morgan fingerprint density at radius 2 is 0.603 bits per heavy atom. The molecule has 5 heterocycles. The number of rotatable bonds is 13. The van der Waals surface area contributed by atoms with Crippen LogP contribution in [0.3, 0.4) is 0 Å². The molecule has 0 spiro atoms. The summed E-state index contributed by atoms with van der Waals surface area (Å²) in [5, 5.41) is 0. The van der Waals surface area contributed by atoms with Crippen molar-refractivity contribution in [2.45, 2.75) is 0 Å². The number of aromatic amines is 2. The average Bonchev–Trinajstić information content (AvgIpc) is 4.23. The lowest BCUT2D eigenvalue weighted by Gasteiger charge is -2.17. The van der Waals surface area contributed by atoms with E-state index in [1.807, 2.05) is 103 Å². The summed E-state index contributed by atoms with van der Waals surface area (Å²) < 4.78 is 55.5. The van der Waals surface area contributed by atoms with E-state index in [0.29, 0.717) is 130 Å². The summed E-state index contributed by atoms with van der Waals surface area (Å²) in [5.74, 6) is 4.73. The Balaban J connectivity index is 1.56. The summed E-state index contributed by atoms with van der Waals surface area (Å²) in [4.78, 5) is 18.5. The maximum atomic E-state index is 6.13. The van der Waals surface area contributed by atoms with E-state index in [4.69, 9.17) is 52.6 Å². The van der Waals surface area contributed by atoms with Gasteiger partial charge in [0, 0.05) is 95.2 Å². The second-order valence-electron chi connectivity index (χ2n) is 15.3. The number of benzene rings is 4. The maximum Gasteiger partial charge on any atom is 0.134 e. The van der Waals surface area contributed by atoms with Crippen LogP contribution in [-0.2, 0) is 0 Å². The van der Waals surface area contributed by atoms with E-state index in [-0.39, 0.29) is 0 Å². The number of fused-ring (bicyclic) bond motifs is 8. The number of hydrogen-bond acceptors (Lipinski definition) is 11. The van der Waals surface area contributed by atoms with Crippen molar-refractivity contribution in [3.05, 3.63) is 111 Å². The van der Waals surface area contributed by atoms with Gasteiger partial charge in [-0.3, -0.25) is 0 Å². The molecule has 2 aliphatic rings. The first-order valence-corrected chi connectivity index (χ1v) is 22.7. The number of methoxy groups -OCH3 is 9. The molecule has 0 saturated carbocycles. The molecule has 3 aromatic heterocycles. The van der Waals surface area contributed by atoms with Gasteiger partial charge in [0.25, 0.3) is 0 Å². The minimum absolute atomic E-state index is 0.509. The first-order valence-electron chi connectivity index (χ1n) is 21.1. The highest BCUT2D eigenvalue weighted by molar-refractivity contribution is 9.11. The van der Waals surface area contributed by atoms with E-state index >= 15 is 0 Å². The molecule has 13 nitrogen and oxygen atoms in total. The molecule has 8 bridgehead atoms. The minimum atomic E-state index is 0.509. The van der Waals surface area contributed by atoms with Crippen LogP contribution in [0.1, 0.15) is 22.8 Å². The van der Waals surface area contributed by atoms with Crippen LogP contribution in [0, 0.1) is 0 Å². The molecule has 2 N–H and O–H groups in total. The van der Waals surface area contributed by atoms with Crippen molar-refractivity contribution in [1.29, 1.82) is 0 Å². The van der Waals surface area contributed by atoms with Gasteiger partial charge in [-0.15, -0.1) is 0 Å². The third kappa shape index (κ3) is 7.94. The topological polar surface area (TPSA) is 140 Å². The molecule has 0 atom stereocenters. The molecule has 15 heteroatoms. The summed E-state index contributed by atoms with van der Waals surface area (Å²) in [7, 11) is 14.5. The van der Waals surface area contributed by atoms with Gasteiger partial charge < -0.3 is 52.6 Å². The van der Waals surface area contributed by atoms with Crippen LogP contribution in [0.15, 0.2) is 87.8 Å². The van der Waals surface area contributed by atoms with Crippen LogP contribution < -0.4 is 42.6 Å².